The monoisotopic (exact) mass is 304 g/mol. The number of hydrogen-bond acceptors (Lipinski definition) is 4. The van der Waals surface area contributed by atoms with Gasteiger partial charge in [0.25, 0.3) is 0 Å². The molecule has 1 aromatic rings. The predicted octanol–water partition coefficient (Wildman–Crippen LogP) is 2.93. The van der Waals surface area contributed by atoms with E-state index in [1.54, 1.807) is 12.4 Å². The summed E-state index contributed by atoms with van der Waals surface area (Å²) in [6.45, 7) is 7.97. The van der Waals surface area contributed by atoms with Crippen molar-refractivity contribution in [2.45, 2.75) is 25.7 Å². The molecule has 1 heterocycles. The van der Waals surface area contributed by atoms with Gasteiger partial charge in [-0.15, -0.1) is 0 Å². The van der Waals surface area contributed by atoms with Crippen LogP contribution in [-0.4, -0.2) is 31.4 Å². The lowest BCUT2D eigenvalue weighted by molar-refractivity contribution is 0.0216. The molecule has 0 spiro atoms. The molecular weight excluding hydrogens is 288 g/mol. The van der Waals surface area contributed by atoms with Gasteiger partial charge in [-0.2, -0.15) is 0 Å². The summed E-state index contributed by atoms with van der Waals surface area (Å²) in [5, 5.41) is 0. The van der Waals surface area contributed by atoms with Crippen LogP contribution in [-0.2, 0) is 4.74 Å². The van der Waals surface area contributed by atoms with E-state index in [0.29, 0.717) is 10.5 Å². The SMILES string of the molecule is C[Si](C)(C)CCOCOc1cnc(Br)nc1. The number of aromatic nitrogens is 2. The van der Waals surface area contributed by atoms with Gasteiger partial charge >= 0.3 is 0 Å². The summed E-state index contributed by atoms with van der Waals surface area (Å²) >= 11 is 3.16. The Bertz CT molecular complexity index is 314. The topological polar surface area (TPSA) is 44.2 Å². The van der Waals surface area contributed by atoms with E-state index < -0.39 is 8.07 Å². The molecule has 0 amide bonds. The second kappa shape index (κ2) is 6.32. The first kappa shape index (κ1) is 13.6. The minimum atomic E-state index is -1.01. The Hall–Kier alpha value is -0.463. The molecular formula is C10H17BrN2O2Si. The summed E-state index contributed by atoms with van der Waals surface area (Å²) < 4.78 is 11.3. The Kier molecular flexibility index (Phi) is 5.37. The highest BCUT2D eigenvalue weighted by Crippen LogP contribution is 2.10. The summed E-state index contributed by atoms with van der Waals surface area (Å²) in [7, 11) is -1.01. The summed E-state index contributed by atoms with van der Waals surface area (Å²) in [5.74, 6) is 0.621. The van der Waals surface area contributed by atoms with Crippen molar-refractivity contribution < 1.29 is 9.47 Å². The fourth-order valence-corrected chi connectivity index (χ4v) is 1.88. The van der Waals surface area contributed by atoms with E-state index in [2.05, 4.69) is 45.5 Å². The van der Waals surface area contributed by atoms with Crippen molar-refractivity contribution in [3.05, 3.63) is 17.1 Å². The minimum Gasteiger partial charge on any atom is -0.464 e. The van der Waals surface area contributed by atoms with Crippen LogP contribution in [0.3, 0.4) is 0 Å². The molecule has 1 rings (SSSR count). The quantitative estimate of drug-likeness (QED) is 0.351. The molecule has 0 aromatic carbocycles. The molecule has 4 nitrogen and oxygen atoms in total. The maximum Gasteiger partial charge on any atom is 0.196 e. The average Bonchev–Trinajstić information content (AvgIpc) is 2.19. The van der Waals surface area contributed by atoms with Crippen LogP contribution in [0.5, 0.6) is 5.75 Å². The molecule has 0 bridgehead atoms. The van der Waals surface area contributed by atoms with Crippen molar-refractivity contribution in [1.29, 1.82) is 0 Å². The van der Waals surface area contributed by atoms with Gasteiger partial charge in [-0.3, -0.25) is 0 Å². The van der Waals surface area contributed by atoms with Gasteiger partial charge in [0, 0.05) is 14.7 Å². The van der Waals surface area contributed by atoms with E-state index >= 15 is 0 Å². The highest BCUT2D eigenvalue weighted by molar-refractivity contribution is 9.10. The molecule has 0 saturated heterocycles. The van der Waals surface area contributed by atoms with Crippen LogP contribution in [0.15, 0.2) is 17.1 Å². The summed E-state index contributed by atoms with van der Waals surface area (Å²) in [6, 6.07) is 1.15. The van der Waals surface area contributed by atoms with Gasteiger partial charge in [-0.25, -0.2) is 9.97 Å². The normalized spacial score (nSPS) is 11.5. The Morgan fingerprint density at radius 3 is 2.44 bits per heavy atom. The molecule has 16 heavy (non-hydrogen) atoms. The number of hydrogen-bond donors (Lipinski definition) is 0. The lowest BCUT2D eigenvalue weighted by Gasteiger charge is -2.15. The minimum absolute atomic E-state index is 0.259. The van der Waals surface area contributed by atoms with Crippen LogP contribution >= 0.6 is 15.9 Å². The molecule has 0 radical (unpaired) electrons. The van der Waals surface area contributed by atoms with Crippen molar-refractivity contribution in [3.63, 3.8) is 0 Å². The zero-order chi connectivity index (χ0) is 12.0. The van der Waals surface area contributed by atoms with Crippen LogP contribution in [0.2, 0.25) is 25.7 Å². The van der Waals surface area contributed by atoms with Crippen LogP contribution in [0, 0.1) is 0 Å². The molecule has 0 N–H and O–H groups in total. The van der Waals surface area contributed by atoms with Crippen molar-refractivity contribution in [3.8, 4) is 5.75 Å². The van der Waals surface area contributed by atoms with E-state index in [0.717, 1.165) is 12.7 Å². The van der Waals surface area contributed by atoms with E-state index in [1.807, 2.05) is 0 Å². The largest absolute Gasteiger partial charge is 0.464 e. The molecule has 0 fully saturated rings. The maximum atomic E-state index is 5.39. The van der Waals surface area contributed by atoms with Gasteiger partial charge in [0.15, 0.2) is 17.3 Å². The van der Waals surface area contributed by atoms with Gasteiger partial charge in [0.1, 0.15) is 0 Å². The number of nitrogens with zero attached hydrogens (tertiary/aromatic N) is 2. The first-order valence-corrected chi connectivity index (χ1v) is 9.65. The molecule has 6 heteroatoms. The first-order chi connectivity index (χ1) is 7.47. The standard InChI is InChI=1S/C10H17BrN2O2Si/c1-16(2,3)5-4-14-8-15-9-6-12-10(11)13-7-9/h6-7H,4-5,8H2,1-3H3. The Morgan fingerprint density at radius 1 is 1.25 bits per heavy atom. The van der Waals surface area contributed by atoms with Crippen molar-refractivity contribution in [2.75, 3.05) is 13.4 Å². The fraction of sp³-hybridized carbons (Fsp3) is 0.600. The van der Waals surface area contributed by atoms with Crippen LogP contribution in [0.1, 0.15) is 0 Å². The first-order valence-electron chi connectivity index (χ1n) is 5.15. The lowest BCUT2D eigenvalue weighted by Crippen LogP contribution is -2.22. The van der Waals surface area contributed by atoms with E-state index in [-0.39, 0.29) is 6.79 Å². The van der Waals surface area contributed by atoms with E-state index in [1.165, 1.54) is 0 Å². The molecule has 0 aliphatic rings. The zero-order valence-electron chi connectivity index (χ0n) is 9.86. The molecule has 0 unspecified atom stereocenters. The third-order valence-corrected chi connectivity index (χ3v) is 4.02. The van der Waals surface area contributed by atoms with Crippen molar-refractivity contribution in [1.82, 2.24) is 9.97 Å². The van der Waals surface area contributed by atoms with Crippen LogP contribution < -0.4 is 4.74 Å². The molecule has 0 aliphatic heterocycles. The van der Waals surface area contributed by atoms with Gasteiger partial charge in [0.2, 0.25) is 0 Å². The van der Waals surface area contributed by atoms with Crippen molar-refractivity contribution in [2.24, 2.45) is 0 Å². The summed E-state index contributed by atoms with van der Waals surface area (Å²) in [4.78, 5) is 7.90. The molecule has 0 aliphatic carbocycles. The van der Waals surface area contributed by atoms with Crippen LogP contribution in [0.25, 0.3) is 0 Å². The summed E-state index contributed by atoms with van der Waals surface area (Å²) in [5.41, 5.74) is 0. The molecule has 1 aromatic heterocycles. The second-order valence-corrected chi connectivity index (χ2v) is 11.0. The van der Waals surface area contributed by atoms with Crippen molar-refractivity contribution >= 4 is 24.0 Å². The smallest absolute Gasteiger partial charge is 0.196 e. The highest BCUT2D eigenvalue weighted by atomic mass is 79.9. The number of ether oxygens (including phenoxy) is 2. The van der Waals surface area contributed by atoms with Gasteiger partial charge < -0.3 is 9.47 Å². The fourth-order valence-electron chi connectivity index (χ4n) is 0.922. The van der Waals surface area contributed by atoms with Gasteiger partial charge in [0.05, 0.1) is 12.4 Å². The summed E-state index contributed by atoms with van der Waals surface area (Å²) in [6.07, 6.45) is 3.22. The number of halogens is 1. The molecule has 0 atom stereocenters. The third kappa shape index (κ3) is 6.19. The van der Waals surface area contributed by atoms with E-state index in [4.69, 9.17) is 9.47 Å². The Labute approximate surface area is 106 Å². The van der Waals surface area contributed by atoms with E-state index in [9.17, 15) is 0 Å². The third-order valence-electron chi connectivity index (χ3n) is 1.90. The molecule has 0 saturated carbocycles. The maximum absolute atomic E-state index is 5.39. The average molecular weight is 305 g/mol. The zero-order valence-corrected chi connectivity index (χ0v) is 12.5. The Morgan fingerprint density at radius 2 is 1.88 bits per heavy atom. The Balaban J connectivity index is 2.14. The van der Waals surface area contributed by atoms with Gasteiger partial charge in [-0.05, 0) is 22.0 Å². The van der Waals surface area contributed by atoms with Crippen LogP contribution in [0.4, 0.5) is 0 Å². The number of rotatable bonds is 6. The second-order valence-electron chi connectivity index (χ2n) is 4.67. The predicted molar refractivity (Wildman–Crippen MR) is 69.3 cm³/mol. The highest BCUT2D eigenvalue weighted by Gasteiger charge is 2.11. The lowest BCUT2D eigenvalue weighted by atomic mass is 10.6. The molecule has 90 valence electrons. The van der Waals surface area contributed by atoms with Gasteiger partial charge in [-0.1, -0.05) is 19.6 Å².